The first-order valence-corrected chi connectivity index (χ1v) is 9.07. The molecule has 4 aliphatic rings. The van der Waals surface area contributed by atoms with E-state index in [-0.39, 0.29) is 17.6 Å². The smallest absolute Gasteiger partial charge is 0.310 e. The number of rotatable bonds is 0. The first-order valence-electron chi connectivity index (χ1n) is 9.07. The van der Waals surface area contributed by atoms with Gasteiger partial charge in [0.15, 0.2) is 5.78 Å². The highest BCUT2D eigenvalue weighted by Crippen LogP contribution is 2.65. The minimum atomic E-state index is -1.15. The number of aliphatic hydroxyl groups is 3. The van der Waals surface area contributed by atoms with Gasteiger partial charge in [0.25, 0.3) is 0 Å². The van der Waals surface area contributed by atoms with Gasteiger partial charge in [-0.15, -0.1) is 0 Å². The van der Waals surface area contributed by atoms with E-state index in [1.54, 1.807) is 19.9 Å². The number of fused-ring (bicyclic) bond motifs is 6. The third kappa shape index (κ3) is 1.76. The van der Waals surface area contributed by atoms with Gasteiger partial charge in [-0.1, -0.05) is 33.3 Å². The molecule has 3 N–H and O–H groups in total. The molecule has 1 saturated heterocycles. The molecule has 6 nitrogen and oxygen atoms in total. The van der Waals surface area contributed by atoms with Gasteiger partial charge in [-0.05, 0) is 18.4 Å². The molecule has 0 spiro atoms. The molecule has 0 aromatic carbocycles. The van der Waals surface area contributed by atoms with Crippen molar-refractivity contribution in [1.82, 2.24) is 0 Å². The average molecular weight is 350 g/mol. The summed E-state index contributed by atoms with van der Waals surface area (Å²) in [5.74, 6) is -2.32. The normalized spacial score (nSPS) is 57.5. The number of esters is 1. The summed E-state index contributed by atoms with van der Waals surface area (Å²) in [6, 6.07) is 0. The van der Waals surface area contributed by atoms with Gasteiger partial charge in [-0.2, -0.15) is 0 Å². The third-order valence-electron chi connectivity index (χ3n) is 7.71. The fourth-order valence-electron chi connectivity index (χ4n) is 6.59. The quantitative estimate of drug-likeness (QED) is 0.548. The molecule has 6 heteroatoms. The minimum absolute atomic E-state index is 0.0854. The Bertz CT molecular complexity index is 685. The standard InChI is InChI=1S/C19H26O6/c1-7-5-10(20)16(23)18(3)9(7)6-11(21)19(4)12-8(2)14(25-17(12)24)13(22)15(18)19/h6-8,10,12-16,20,22-23H,5H2,1-4H3/t7-,8-,10+,12-,13+,14-,15-,16-,18+,19+/m0/s1. The Balaban J connectivity index is 1.97. The summed E-state index contributed by atoms with van der Waals surface area (Å²) < 4.78 is 5.42. The number of aliphatic hydroxyl groups excluding tert-OH is 3. The van der Waals surface area contributed by atoms with Crippen LogP contribution in [0.3, 0.4) is 0 Å². The molecule has 2 saturated carbocycles. The highest BCUT2D eigenvalue weighted by atomic mass is 16.6. The molecule has 2 bridgehead atoms. The molecule has 138 valence electrons. The number of allylic oxidation sites excluding steroid dienone is 1. The molecule has 10 atom stereocenters. The van der Waals surface area contributed by atoms with Crippen LogP contribution >= 0.6 is 0 Å². The van der Waals surface area contributed by atoms with Crippen molar-refractivity contribution >= 4 is 11.8 Å². The third-order valence-corrected chi connectivity index (χ3v) is 7.71. The van der Waals surface area contributed by atoms with E-state index in [0.717, 1.165) is 5.57 Å². The van der Waals surface area contributed by atoms with Gasteiger partial charge in [0.05, 0.1) is 29.6 Å². The van der Waals surface area contributed by atoms with Crippen LogP contribution in [-0.4, -0.2) is 51.5 Å². The first kappa shape index (κ1) is 17.2. The summed E-state index contributed by atoms with van der Waals surface area (Å²) in [6.45, 7) is 7.27. The van der Waals surface area contributed by atoms with E-state index in [4.69, 9.17) is 4.74 Å². The lowest BCUT2D eigenvalue weighted by molar-refractivity contribution is -0.195. The Morgan fingerprint density at radius 3 is 2.40 bits per heavy atom. The van der Waals surface area contributed by atoms with E-state index in [9.17, 15) is 24.9 Å². The summed E-state index contributed by atoms with van der Waals surface area (Å²) in [5, 5.41) is 32.4. The van der Waals surface area contributed by atoms with Crippen LogP contribution in [0, 0.1) is 34.5 Å². The van der Waals surface area contributed by atoms with Crippen LogP contribution < -0.4 is 0 Å². The van der Waals surface area contributed by atoms with E-state index >= 15 is 0 Å². The van der Waals surface area contributed by atoms with Crippen LogP contribution in [0.2, 0.25) is 0 Å². The molecule has 25 heavy (non-hydrogen) atoms. The molecule has 3 aliphatic carbocycles. The van der Waals surface area contributed by atoms with Crippen LogP contribution in [0.4, 0.5) is 0 Å². The summed E-state index contributed by atoms with van der Waals surface area (Å²) in [7, 11) is 0. The Labute approximate surface area is 146 Å². The molecule has 1 aliphatic heterocycles. The lowest BCUT2D eigenvalue weighted by Gasteiger charge is -2.61. The van der Waals surface area contributed by atoms with E-state index in [1.165, 1.54) is 0 Å². The van der Waals surface area contributed by atoms with Crippen molar-refractivity contribution in [3.05, 3.63) is 11.6 Å². The van der Waals surface area contributed by atoms with Crippen LogP contribution in [0.25, 0.3) is 0 Å². The Morgan fingerprint density at radius 1 is 1.12 bits per heavy atom. The predicted octanol–water partition coefficient (Wildman–Crippen LogP) is 0.438. The van der Waals surface area contributed by atoms with Crippen molar-refractivity contribution in [1.29, 1.82) is 0 Å². The zero-order chi connectivity index (χ0) is 18.5. The predicted molar refractivity (Wildman–Crippen MR) is 87.1 cm³/mol. The van der Waals surface area contributed by atoms with Crippen LogP contribution in [0.15, 0.2) is 11.6 Å². The molecular weight excluding hydrogens is 324 g/mol. The van der Waals surface area contributed by atoms with E-state index in [2.05, 4.69) is 0 Å². The molecule has 0 unspecified atom stereocenters. The van der Waals surface area contributed by atoms with Crippen molar-refractivity contribution in [2.24, 2.45) is 34.5 Å². The zero-order valence-corrected chi connectivity index (χ0v) is 15.0. The Kier molecular flexibility index (Phi) is 3.39. The molecule has 4 rings (SSSR count). The molecule has 3 fully saturated rings. The topological polar surface area (TPSA) is 104 Å². The van der Waals surface area contributed by atoms with Gasteiger partial charge in [-0.25, -0.2) is 0 Å². The Morgan fingerprint density at radius 2 is 1.76 bits per heavy atom. The maximum Gasteiger partial charge on any atom is 0.310 e. The van der Waals surface area contributed by atoms with Crippen LogP contribution in [-0.2, 0) is 14.3 Å². The van der Waals surface area contributed by atoms with Gasteiger partial charge in [0.1, 0.15) is 6.10 Å². The number of hydrogen-bond donors (Lipinski definition) is 3. The number of ketones is 1. The molecule has 1 heterocycles. The summed E-state index contributed by atoms with van der Waals surface area (Å²) >= 11 is 0. The SMILES string of the molecule is C[C@@H]1[C@@H]2OC(=O)[C@H]1[C@@]1(C)C(=O)C=C3[C@@H](C)C[C@@H](O)[C@H](O)[C@@]3(C)[C@@H]1[C@@H]2O. The first-order chi connectivity index (χ1) is 11.6. The molecule has 0 radical (unpaired) electrons. The summed E-state index contributed by atoms with van der Waals surface area (Å²) in [5.41, 5.74) is -1.37. The number of ether oxygens (including phenoxy) is 1. The number of hydrogen-bond acceptors (Lipinski definition) is 6. The average Bonchev–Trinajstić information content (AvgIpc) is 2.78. The van der Waals surface area contributed by atoms with Crippen molar-refractivity contribution in [2.45, 2.75) is 58.5 Å². The highest BCUT2D eigenvalue weighted by Gasteiger charge is 2.73. The summed E-state index contributed by atoms with van der Waals surface area (Å²) in [4.78, 5) is 25.6. The second-order valence-corrected chi connectivity index (χ2v) is 8.88. The van der Waals surface area contributed by atoms with Gasteiger partial charge in [0, 0.05) is 17.3 Å². The van der Waals surface area contributed by atoms with Crippen molar-refractivity contribution in [2.75, 3.05) is 0 Å². The van der Waals surface area contributed by atoms with E-state index in [1.807, 2.05) is 13.8 Å². The van der Waals surface area contributed by atoms with Crippen molar-refractivity contribution < 1.29 is 29.6 Å². The molecule has 0 aromatic heterocycles. The fourth-order valence-corrected chi connectivity index (χ4v) is 6.59. The number of carbonyl (C=O) groups is 2. The van der Waals surface area contributed by atoms with Crippen molar-refractivity contribution in [3.8, 4) is 0 Å². The van der Waals surface area contributed by atoms with E-state index < -0.39 is 53.1 Å². The molecule has 0 amide bonds. The van der Waals surface area contributed by atoms with Crippen LogP contribution in [0.1, 0.15) is 34.1 Å². The van der Waals surface area contributed by atoms with Crippen LogP contribution in [0.5, 0.6) is 0 Å². The minimum Gasteiger partial charge on any atom is -0.459 e. The lowest BCUT2D eigenvalue weighted by atomic mass is 9.42. The van der Waals surface area contributed by atoms with Gasteiger partial charge in [-0.3, -0.25) is 9.59 Å². The maximum atomic E-state index is 13.2. The molecular formula is C19H26O6. The zero-order valence-electron chi connectivity index (χ0n) is 15.0. The largest absolute Gasteiger partial charge is 0.459 e. The monoisotopic (exact) mass is 350 g/mol. The summed E-state index contributed by atoms with van der Waals surface area (Å²) in [6.07, 6.45) is -1.86. The lowest BCUT2D eigenvalue weighted by Crippen LogP contribution is -2.68. The second kappa shape index (κ2) is 4.93. The van der Waals surface area contributed by atoms with Gasteiger partial charge < -0.3 is 20.1 Å². The van der Waals surface area contributed by atoms with Crippen molar-refractivity contribution in [3.63, 3.8) is 0 Å². The maximum absolute atomic E-state index is 13.2. The van der Waals surface area contributed by atoms with Gasteiger partial charge in [0.2, 0.25) is 0 Å². The molecule has 0 aromatic rings. The number of carbonyl (C=O) groups excluding carboxylic acids is 2. The fraction of sp³-hybridized carbons (Fsp3) is 0.789. The second-order valence-electron chi connectivity index (χ2n) is 8.88. The van der Waals surface area contributed by atoms with Gasteiger partial charge >= 0.3 is 5.97 Å². The Hall–Kier alpha value is -1.24. The van der Waals surface area contributed by atoms with E-state index in [0.29, 0.717) is 6.42 Å². The highest BCUT2D eigenvalue weighted by molar-refractivity contribution is 6.01.